The van der Waals surface area contributed by atoms with Crippen molar-refractivity contribution in [3.63, 3.8) is 0 Å². The Balaban J connectivity index is 1.45. The van der Waals surface area contributed by atoms with E-state index >= 15 is 0 Å². The quantitative estimate of drug-likeness (QED) is 0.787. The van der Waals surface area contributed by atoms with Crippen LogP contribution in [0.4, 0.5) is 0 Å². The summed E-state index contributed by atoms with van der Waals surface area (Å²) in [7, 11) is 0. The second-order valence-corrected chi connectivity index (χ2v) is 7.48. The summed E-state index contributed by atoms with van der Waals surface area (Å²) in [6, 6.07) is 11.2. The second kappa shape index (κ2) is 9.40. The van der Waals surface area contributed by atoms with Gasteiger partial charge in [0.15, 0.2) is 6.10 Å². The van der Waals surface area contributed by atoms with Crippen molar-refractivity contribution in [3.05, 3.63) is 58.3 Å². The number of carbonyl (C=O) groups excluding carboxylic acids is 1. The monoisotopic (exact) mass is 407 g/mol. The summed E-state index contributed by atoms with van der Waals surface area (Å²) in [5.74, 6) is 0.270. The van der Waals surface area contributed by atoms with Gasteiger partial charge in [0, 0.05) is 31.9 Å². The predicted octanol–water partition coefficient (Wildman–Crippen LogP) is 3.94. The minimum atomic E-state index is -0.646. The normalized spacial score (nSPS) is 16.7. The Morgan fingerprint density at radius 3 is 2.74 bits per heavy atom. The third kappa shape index (κ3) is 5.58. The lowest BCUT2D eigenvalue weighted by Crippen LogP contribution is -2.47. The maximum atomic E-state index is 12.4. The molecule has 1 aliphatic heterocycles. The Hall–Kier alpha value is -1.82. The number of aromatic nitrogens is 1. The maximum absolute atomic E-state index is 12.4. The average molecular weight is 408 g/mol. The van der Waals surface area contributed by atoms with E-state index in [9.17, 15) is 4.79 Å². The SMILES string of the molecule is C[C@H](Oc1cccc(Cl)c1Cl)C(=O)NC1CCN(Cc2ccccn2)CC1. The fraction of sp³-hybridized carbons (Fsp3) is 0.400. The van der Waals surface area contributed by atoms with Gasteiger partial charge in [0.25, 0.3) is 5.91 Å². The fourth-order valence-corrected chi connectivity index (χ4v) is 3.43. The lowest BCUT2D eigenvalue weighted by Gasteiger charge is -2.32. The van der Waals surface area contributed by atoms with E-state index in [1.165, 1.54) is 0 Å². The number of hydrogen-bond donors (Lipinski definition) is 1. The van der Waals surface area contributed by atoms with E-state index in [1.807, 2.05) is 24.4 Å². The van der Waals surface area contributed by atoms with E-state index < -0.39 is 6.10 Å². The zero-order chi connectivity index (χ0) is 19.2. The van der Waals surface area contributed by atoms with Crippen molar-refractivity contribution in [3.8, 4) is 5.75 Å². The average Bonchev–Trinajstić information content (AvgIpc) is 2.68. The Morgan fingerprint density at radius 1 is 1.26 bits per heavy atom. The number of amides is 1. The van der Waals surface area contributed by atoms with Crippen LogP contribution in [0.25, 0.3) is 0 Å². The smallest absolute Gasteiger partial charge is 0.260 e. The first-order valence-corrected chi connectivity index (χ1v) is 9.82. The van der Waals surface area contributed by atoms with Crippen LogP contribution < -0.4 is 10.1 Å². The number of halogens is 2. The Morgan fingerprint density at radius 2 is 2.04 bits per heavy atom. The van der Waals surface area contributed by atoms with E-state index in [1.54, 1.807) is 25.1 Å². The molecular formula is C20H23Cl2N3O2. The lowest BCUT2D eigenvalue weighted by atomic mass is 10.0. The van der Waals surface area contributed by atoms with Crippen molar-refractivity contribution >= 4 is 29.1 Å². The molecule has 1 fully saturated rings. The highest BCUT2D eigenvalue weighted by atomic mass is 35.5. The summed E-state index contributed by atoms with van der Waals surface area (Å²) in [4.78, 5) is 19.2. The van der Waals surface area contributed by atoms with Gasteiger partial charge in [-0.2, -0.15) is 0 Å². The van der Waals surface area contributed by atoms with E-state index in [0.717, 1.165) is 38.2 Å². The summed E-state index contributed by atoms with van der Waals surface area (Å²) in [5, 5.41) is 3.80. The first-order valence-electron chi connectivity index (χ1n) is 9.06. The summed E-state index contributed by atoms with van der Waals surface area (Å²) in [6.07, 6.45) is 2.98. The molecule has 144 valence electrons. The molecule has 1 aliphatic rings. The molecule has 0 spiro atoms. The number of hydrogen-bond acceptors (Lipinski definition) is 4. The molecule has 0 radical (unpaired) electrons. The number of nitrogens with zero attached hydrogens (tertiary/aromatic N) is 2. The molecule has 1 N–H and O–H groups in total. The molecule has 0 saturated carbocycles. The van der Waals surface area contributed by atoms with Gasteiger partial charge in [-0.05, 0) is 44.0 Å². The van der Waals surface area contributed by atoms with Gasteiger partial charge in [0.2, 0.25) is 0 Å². The molecule has 1 aromatic heterocycles. The summed E-state index contributed by atoms with van der Waals surface area (Å²) in [5.41, 5.74) is 1.07. The number of likely N-dealkylation sites (tertiary alicyclic amines) is 1. The van der Waals surface area contributed by atoms with Crippen LogP contribution in [0.15, 0.2) is 42.6 Å². The van der Waals surface area contributed by atoms with E-state index in [0.29, 0.717) is 15.8 Å². The van der Waals surface area contributed by atoms with Crippen molar-refractivity contribution in [2.45, 2.75) is 38.5 Å². The van der Waals surface area contributed by atoms with Gasteiger partial charge in [-0.25, -0.2) is 0 Å². The predicted molar refractivity (Wildman–Crippen MR) is 107 cm³/mol. The molecule has 2 heterocycles. The molecule has 1 aromatic carbocycles. The largest absolute Gasteiger partial charge is 0.479 e. The topological polar surface area (TPSA) is 54.5 Å². The van der Waals surface area contributed by atoms with Gasteiger partial charge < -0.3 is 10.1 Å². The zero-order valence-corrected chi connectivity index (χ0v) is 16.7. The second-order valence-electron chi connectivity index (χ2n) is 6.69. The third-order valence-corrected chi connectivity index (χ3v) is 5.44. The minimum Gasteiger partial charge on any atom is -0.479 e. The lowest BCUT2D eigenvalue weighted by molar-refractivity contribution is -0.128. The molecule has 0 unspecified atom stereocenters. The fourth-order valence-electron chi connectivity index (χ4n) is 3.09. The number of nitrogens with one attached hydrogen (secondary N) is 1. The molecule has 27 heavy (non-hydrogen) atoms. The number of ether oxygens (including phenoxy) is 1. The molecular weight excluding hydrogens is 385 g/mol. The van der Waals surface area contributed by atoms with Crippen molar-refractivity contribution in [1.82, 2.24) is 15.2 Å². The van der Waals surface area contributed by atoms with Crippen molar-refractivity contribution in [1.29, 1.82) is 0 Å². The van der Waals surface area contributed by atoms with E-state index in [-0.39, 0.29) is 11.9 Å². The summed E-state index contributed by atoms with van der Waals surface area (Å²) >= 11 is 12.1. The highest BCUT2D eigenvalue weighted by Crippen LogP contribution is 2.32. The van der Waals surface area contributed by atoms with Crippen LogP contribution in [0.1, 0.15) is 25.5 Å². The maximum Gasteiger partial charge on any atom is 0.260 e. The number of piperidine rings is 1. The van der Waals surface area contributed by atoms with Crippen LogP contribution >= 0.6 is 23.2 Å². The molecule has 1 saturated heterocycles. The standard InChI is InChI=1S/C20H23Cl2N3O2/c1-14(27-18-7-4-6-17(21)19(18)22)20(26)24-15-8-11-25(12-9-15)13-16-5-2-3-10-23-16/h2-7,10,14-15H,8-9,11-13H2,1H3,(H,24,26)/t14-/m0/s1. The first-order chi connectivity index (χ1) is 13.0. The van der Waals surface area contributed by atoms with Gasteiger partial charge in [-0.1, -0.05) is 35.3 Å². The molecule has 5 nitrogen and oxygen atoms in total. The molecule has 7 heteroatoms. The van der Waals surface area contributed by atoms with Gasteiger partial charge in [0.05, 0.1) is 10.7 Å². The van der Waals surface area contributed by atoms with Gasteiger partial charge in [-0.3, -0.25) is 14.7 Å². The Kier molecular flexibility index (Phi) is 6.94. The molecule has 1 atom stereocenters. The summed E-state index contributed by atoms with van der Waals surface area (Å²) in [6.45, 7) is 4.41. The highest BCUT2D eigenvalue weighted by Gasteiger charge is 2.24. The van der Waals surface area contributed by atoms with E-state index in [2.05, 4.69) is 15.2 Å². The number of benzene rings is 1. The van der Waals surface area contributed by atoms with Crippen LogP contribution in [0.5, 0.6) is 5.75 Å². The number of carbonyl (C=O) groups is 1. The number of rotatable bonds is 6. The van der Waals surface area contributed by atoms with Crippen molar-refractivity contribution in [2.75, 3.05) is 13.1 Å². The van der Waals surface area contributed by atoms with Crippen molar-refractivity contribution < 1.29 is 9.53 Å². The van der Waals surface area contributed by atoms with Crippen LogP contribution in [0, 0.1) is 0 Å². The summed E-state index contributed by atoms with van der Waals surface area (Å²) < 4.78 is 5.68. The molecule has 2 aromatic rings. The first kappa shape index (κ1) is 19.9. The number of pyridine rings is 1. The van der Waals surface area contributed by atoms with Gasteiger partial charge >= 0.3 is 0 Å². The van der Waals surface area contributed by atoms with Gasteiger partial charge in [-0.15, -0.1) is 0 Å². The molecule has 1 amide bonds. The highest BCUT2D eigenvalue weighted by molar-refractivity contribution is 6.42. The van der Waals surface area contributed by atoms with Crippen LogP contribution in [0.2, 0.25) is 10.0 Å². The Bertz CT molecular complexity index is 765. The van der Waals surface area contributed by atoms with Crippen LogP contribution in [0.3, 0.4) is 0 Å². The minimum absolute atomic E-state index is 0.144. The van der Waals surface area contributed by atoms with Crippen LogP contribution in [-0.4, -0.2) is 41.0 Å². The third-order valence-electron chi connectivity index (χ3n) is 4.63. The zero-order valence-electron chi connectivity index (χ0n) is 15.2. The molecule has 3 rings (SSSR count). The van der Waals surface area contributed by atoms with Crippen LogP contribution in [-0.2, 0) is 11.3 Å². The van der Waals surface area contributed by atoms with E-state index in [4.69, 9.17) is 27.9 Å². The van der Waals surface area contributed by atoms with Gasteiger partial charge in [0.1, 0.15) is 10.8 Å². The Labute approximate surface area is 169 Å². The van der Waals surface area contributed by atoms with Crippen molar-refractivity contribution in [2.24, 2.45) is 0 Å². The molecule has 0 bridgehead atoms. The molecule has 0 aliphatic carbocycles.